The number of carboxylic acids is 1. The third kappa shape index (κ3) is 4.66. The number of rotatable bonds is 10. The van der Waals surface area contributed by atoms with Gasteiger partial charge in [0.15, 0.2) is 5.13 Å². The summed E-state index contributed by atoms with van der Waals surface area (Å²) in [5.74, 6) is -1.18. The van der Waals surface area contributed by atoms with Crippen molar-refractivity contribution in [2.75, 3.05) is 38.8 Å². The molecule has 0 fully saturated rings. The van der Waals surface area contributed by atoms with E-state index in [0.717, 1.165) is 48.1 Å². The number of aliphatic carboxylic acids is 1. The molecule has 1 atom stereocenters. The summed E-state index contributed by atoms with van der Waals surface area (Å²) in [4.78, 5) is 16.7. The summed E-state index contributed by atoms with van der Waals surface area (Å²) in [6.07, 6.45) is 3.50. The van der Waals surface area contributed by atoms with Gasteiger partial charge in [0.2, 0.25) is 0 Å². The molecule has 1 unspecified atom stereocenters. The highest BCUT2D eigenvalue weighted by Gasteiger charge is 2.32. The molecular weight excluding hydrogens is 292 g/mol. The molecular formula is C14H22N2O4S. The Balaban J connectivity index is 1.64. The van der Waals surface area contributed by atoms with Gasteiger partial charge in [0.25, 0.3) is 0 Å². The van der Waals surface area contributed by atoms with Gasteiger partial charge in [-0.15, -0.1) is 11.3 Å². The summed E-state index contributed by atoms with van der Waals surface area (Å²) in [6, 6.07) is 0. The number of anilines is 1. The number of carboxylic acid groups (broad SMARTS) is 1. The van der Waals surface area contributed by atoms with Crippen molar-refractivity contribution in [2.45, 2.75) is 31.6 Å². The van der Waals surface area contributed by atoms with Crippen LogP contribution in [0.2, 0.25) is 0 Å². The maximum atomic E-state index is 11.1. The average molecular weight is 314 g/mol. The SMILES string of the molecule is COCCOCCCCNc1nc2c(s1)CCC2C(=O)O. The lowest BCUT2D eigenvalue weighted by Gasteiger charge is -2.05. The maximum absolute atomic E-state index is 11.1. The zero-order chi connectivity index (χ0) is 15.1. The molecule has 1 aliphatic carbocycles. The Bertz CT molecular complexity index is 464. The molecule has 0 aliphatic heterocycles. The van der Waals surface area contributed by atoms with Gasteiger partial charge in [-0.1, -0.05) is 0 Å². The lowest BCUT2D eigenvalue weighted by molar-refractivity contribution is -0.138. The highest BCUT2D eigenvalue weighted by Crippen LogP contribution is 2.38. The van der Waals surface area contributed by atoms with E-state index in [0.29, 0.717) is 19.6 Å². The van der Waals surface area contributed by atoms with Gasteiger partial charge in [-0.3, -0.25) is 4.79 Å². The summed E-state index contributed by atoms with van der Waals surface area (Å²) in [5, 5.41) is 13.2. The molecule has 0 amide bonds. The van der Waals surface area contributed by atoms with Crippen LogP contribution in [0.4, 0.5) is 5.13 Å². The molecule has 0 radical (unpaired) electrons. The van der Waals surface area contributed by atoms with E-state index in [4.69, 9.17) is 14.6 Å². The van der Waals surface area contributed by atoms with Crippen molar-refractivity contribution in [2.24, 2.45) is 0 Å². The van der Waals surface area contributed by atoms with Crippen molar-refractivity contribution in [3.8, 4) is 0 Å². The van der Waals surface area contributed by atoms with E-state index in [9.17, 15) is 4.79 Å². The molecule has 1 heterocycles. The Morgan fingerprint density at radius 1 is 1.43 bits per heavy atom. The van der Waals surface area contributed by atoms with Crippen LogP contribution in [0.1, 0.15) is 35.8 Å². The molecule has 21 heavy (non-hydrogen) atoms. The summed E-state index contributed by atoms with van der Waals surface area (Å²) in [6.45, 7) is 2.84. The van der Waals surface area contributed by atoms with Gasteiger partial charge in [-0.05, 0) is 25.7 Å². The number of methoxy groups -OCH3 is 1. The molecule has 7 heteroatoms. The van der Waals surface area contributed by atoms with Crippen molar-refractivity contribution in [3.05, 3.63) is 10.6 Å². The first-order valence-electron chi connectivity index (χ1n) is 7.25. The second kappa shape index (κ2) is 8.31. The van der Waals surface area contributed by atoms with E-state index in [1.165, 1.54) is 0 Å². The van der Waals surface area contributed by atoms with Crippen LogP contribution >= 0.6 is 11.3 Å². The first kappa shape index (κ1) is 16.2. The van der Waals surface area contributed by atoms with Crippen LogP contribution in [0, 0.1) is 0 Å². The van der Waals surface area contributed by atoms with Crippen LogP contribution in [-0.4, -0.2) is 49.5 Å². The number of thiazole rings is 1. The van der Waals surface area contributed by atoms with E-state index >= 15 is 0 Å². The fourth-order valence-electron chi connectivity index (χ4n) is 2.31. The van der Waals surface area contributed by atoms with Crippen LogP contribution in [0.15, 0.2) is 0 Å². The zero-order valence-electron chi connectivity index (χ0n) is 12.3. The van der Waals surface area contributed by atoms with Crippen molar-refractivity contribution in [1.82, 2.24) is 4.98 Å². The number of hydrogen-bond donors (Lipinski definition) is 2. The third-order valence-electron chi connectivity index (χ3n) is 3.44. The molecule has 2 rings (SSSR count). The van der Waals surface area contributed by atoms with E-state index < -0.39 is 11.9 Å². The number of unbranched alkanes of at least 4 members (excludes halogenated alkanes) is 1. The largest absolute Gasteiger partial charge is 0.481 e. The number of aromatic nitrogens is 1. The molecule has 118 valence electrons. The molecule has 1 aromatic heterocycles. The Labute approximate surface area is 128 Å². The van der Waals surface area contributed by atoms with Crippen molar-refractivity contribution in [3.63, 3.8) is 0 Å². The highest BCUT2D eigenvalue weighted by atomic mass is 32.1. The van der Waals surface area contributed by atoms with Gasteiger partial charge >= 0.3 is 5.97 Å². The topological polar surface area (TPSA) is 80.7 Å². The molecule has 0 bridgehead atoms. The van der Waals surface area contributed by atoms with Gasteiger partial charge in [-0.25, -0.2) is 4.98 Å². The Morgan fingerprint density at radius 2 is 2.29 bits per heavy atom. The van der Waals surface area contributed by atoms with E-state index in [-0.39, 0.29) is 0 Å². The number of ether oxygens (including phenoxy) is 2. The Kier molecular flexibility index (Phi) is 6.41. The fraction of sp³-hybridized carbons (Fsp3) is 0.714. The van der Waals surface area contributed by atoms with Crippen molar-refractivity contribution in [1.29, 1.82) is 0 Å². The zero-order valence-corrected chi connectivity index (χ0v) is 13.1. The third-order valence-corrected chi connectivity index (χ3v) is 4.53. The van der Waals surface area contributed by atoms with E-state index in [2.05, 4.69) is 10.3 Å². The number of nitrogens with one attached hydrogen (secondary N) is 1. The second-order valence-electron chi connectivity index (χ2n) is 5.00. The average Bonchev–Trinajstić information content (AvgIpc) is 3.01. The number of nitrogens with zero attached hydrogens (tertiary/aromatic N) is 1. The highest BCUT2D eigenvalue weighted by molar-refractivity contribution is 7.15. The number of hydrogen-bond acceptors (Lipinski definition) is 6. The van der Waals surface area contributed by atoms with Gasteiger partial charge in [-0.2, -0.15) is 0 Å². The monoisotopic (exact) mass is 314 g/mol. The molecule has 1 aliphatic rings. The standard InChI is InChI=1S/C14H22N2O4S/c1-19-8-9-20-7-3-2-6-15-14-16-12-10(13(17)18)4-5-11(12)21-14/h10H,2-9H2,1H3,(H,15,16)(H,17,18). The van der Waals surface area contributed by atoms with Crippen molar-refractivity contribution >= 4 is 22.4 Å². The van der Waals surface area contributed by atoms with E-state index in [1.807, 2.05) is 0 Å². The summed E-state index contributed by atoms with van der Waals surface area (Å²) in [7, 11) is 1.66. The first-order chi connectivity index (χ1) is 10.2. The smallest absolute Gasteiger partial charge is 0.312 e. The summed E-state index contributed by atoms with van der Waals surface area (Å²) in [5.41, 5.74) is 0.762. The van der Waals surface area contributed by atoms with Gasteiger partial charge in [0.05, 0.1) is 18.9 Å². The van der Waals surface area contributed by atoms with Gasteiger partial charge in [0.1, 0.15) is 5.92 Å². The van der Waals surface area contributed by atoms with Gasteiger partial charge in [0, 0.05) is 25.1 Å². The van der Waals surface area contributed by atoms with Crippen molar-refractivity contribution < 1.29 is 19.4 Å². The number of carbonyl (C=O) groups is 1. The van der Waals surface area contributed by atoms with E-state index in [1.54, 1.807) is 18.4 Å². The summed E-state index contributed by atoms with van der Waals surface area (Å²) < 4.78 is 10.3. The molecule has 0 spiro atoms. The molecule has 0 aromatic carbocycles. The molecule has 6 nitrogen and oxygen atoms in total. The minimum Gasteiger partial charge on any atom is -0.481 e. The minimum atomic E-state index is -0.765. The first-order valence-corrected chi connectivity index (χ1v) is 8.07. The quantitative estimate of drug-likeness (QED) is 0.644. The van der Waals surface area contributed by atoms with Crippen LogP contribution in [-0.2, 0) is 20.7 Å². The van der Waals surface area contributed by atoms with Crippen LogP contribution in [0.25, 0.3) is 0 Å². The number of fused-ring (bicyclic) bond motifs is 1. The minimum absolute atomic E-state index is 0.416. The Hall–Kier alpha value is -1.18. The lowest BCUT2D eigenvalue weighted by Crippen LogP contribution is -2.09. The normalized spacial score (nSPS) is 16.9. The lowest BCUT2D eigenvalue weighted by atomic mass is 10.1. The van der Waals surface area contributed by atoms with Gasteiger partial charge < -0.3 is 19.9 Å². The van der Waals surface area contributed by atoms with Crippen LogP contribution in [0.5, 0.6) is 0 Å². The Morgan fingerprint density at radius 3 is 3.05 bits per heavy atom. The maximum Gasteiger partial charge on any atom is 0.312 e. The fourth-order valence-corrected chi connectivity index (χ4v) is 3.38. The van der Waals surface area contributed by atoms with Crippen LogP contribution < -0.4 is 5.32 Å². The summed E-state index contributed by atoms with van der Waals surface area (Å²) >= 11 is 1.58. The molecule has 1 aromatic rings. The second-order valence-corrected chi connectivity index (χ2v) is 6.08. The molecule has 0 saturated heterocycles. The number of aryl methyl sites for hydroxylation is 1. The van der Waals surface area contributed by atoms with Crippen LogP contribution in [0.3, 0.4) is 0 Å². The predicted molar refractivity (Wildman–Crippen MR) is 81.2 cm³/mol. The molecule has 2 N–H and O–H groups in total. The predicted octanol–water partition coefficient (Wildman–Crippen LogP) is 2.11. The molecule has 0 saturated carbocycles.